The molecule has 45 heavy (non-hydrogen) atoms. The van der Waals surface area contributed by atoms with Gasteiger partial charge in [0.25, 0.3) is 0 Å². The highest BCUT2D eigenvalue weighted by molar-refractivity contribution is 6.42. The second-order valence-corrected chi connectivity index (χ2v) is 14.6. The molecule has 2 aliphatic heterocycles. The van der Waals surface area contributed by atoms with Gasteiger partial charge in [-0.25, -0.2) is 0 Å². The van der Waals surface area contributed by atoms with Crippen LogP contribution in [-0.4, -0.2) is 65.7 Å². The van der Waals surface area contributed by atoms with E-state index in [-0.39, 0.29) is 35.8 Å². The Balaban J connectivity index is 1.25. The lowest BCUT2D eigenvalue weighted by Crippen LogP contribution is -2.69. The van der Waals surface area contributed by atoms with Crippen LogP contribution in [0.25, 0.3) is 0 Å². The first-order valence-electron chi connectivity index (χ1n) is 16.3. The van der Waals surface area contributed by atoms with Crippen LogP contribution in [-0.2, 0) is 29.5 Å². The monoisotopic (exact) mass is 648 g/mol. The molecule has 8 heteroatoms. The second-order valence-electron chi connectivity index (χ2n) is 13.8. The third-order valence-corrected chi connectivity index (χ3v) is 11.6. The maximum Gasteiger partial charge on any atom is 0.227 e. The lowest BCUT2D eigenvalue weighted by molar-refractivity contribution is -0.143. The van der Waals surface area contributed by atoms with Crippen LogP contribution in [0.3, 0.4) is 0 Å². The van der Waals surface area contributed by atoms with E-state index in [0.717, 1.165) is 67.6 Å². The maximum atomic E-state index is 14.2. The molecule has 3 aromatic rings. The zero-order chi connectivity index (χ0) is 31.5. The number of likely N-dealkylation sites (tertiary alicyclic amines) is 1. The minimum Gasteiger partial charge on any atom is -0.508 e. The Morgan fingerprint density at radius 2 is 1.91 bits per heavy atom. The number of piperidine rings is 1. The van der Waals surface area contributed by atoms with Gasteiger partial charge in [-0.3, -0.25) is 9.69 Å². The number of phenols is 1. The summed E-state index contributed by atoms with van der Waals surface area (Å²) in [5.74, 6) is 2.37. The molecule has 2 heterocycles. The zero-order valence-electron chi connectivity index (χ0n) is 26.3. The lowest BCUT2D eigenvalue weighted by atomic mass is 9.50. The third kappa shape index (κ3) is 5.17. The second kappa shape index (κ2) is 12.0. The van der Waals surface area contributed by atoms with E-state index in [1.165, 1.54) is 5.56 Å². The quantitative estimate of drug-likeness (QED) is 0.269. The minimum atomic E-state index is -0.287. The van der Waals surface area contributed by atoms with Crippen molar-refractivity contribution in [1.29, 1.82) is 0 Å². The molecule has 0 radical (unpaired) electrons. The van der Waals surface area contributed by atoms with Gasteiger partial charge in [0, 0.05) is 41.7 Å². The van der Waals surface area contributed by atoms with Crippen molar-refractivity contribution in [3.8, 4) is 17.2 Å². The molecule has 6 nitrogen and oxygen atoms in total. The molecule has 1 N–H and O–H groups in total. The first-order valence-corrected chi connectivity index (χ1v) is 17.1. The van der Waals surface area contributed by atoms with Gasteiger partial charge in [-0.15, -0.1) is 0 Å². The van der Waals surface area contributed by atoms with Gasteiger partial charge in [0.1, 0.15) is 11.9 Å². The van der Waals surface area contributed by atoms with Gasteiger partial charge in [-0.05, 0) is 73.7 Å². The molecule has 2 aliphatic carbocycles. The molecule has 0 aromatic heterocycles. The van der Waals surface area contributed by atoms with E-state index >= 15 is 0 Å². The van der Waals surface area contributed by atoms with Gasteiger partial charge in [-0.2, -0.15) is 0 Å². The molecule has 7 rings (SSSR count). The van der Waals surface area contributed by atoms with Gasteiger partial charge in [0.05, 0.1) is 29.6 Å². The fraction of sp³-hybridized carbons (Fsp3) is 0.486. The molecule has 4 aliphatic rings. The van der Waals surface area contributed by atoms with Gasteiger partial charge >= 0.3 is 0 Å². The van der Waals surface area contributed by atoms with E-state index in [0.29, 0.717) is 40.0 Å². The number of ether oxygens (including phenoxy) is 2. The summed E-state index contributed by atoms with van der Waals surface area (Å²) in [5.41, 5.74) is 4.05. The largest absolute Gasteiger partial charge is 0.508 e. The molecule has 0 unspecified atom stereocenters. The molecule has 1 amide bonds. The first-order chi connectivity index (χ1) is 21.7. The van der Waals surface area contributed by atoms with E-state index in [2.05, 4.69) is 54.0 Å². The molecule has 1 saturated heterocycles. The average molecular weight is 650 g/mol. The van der Waals surface area contributed by atoms with Gasteiger partial charge in [0.2, 0.25) is 5.91 Å². The SMILES string of the molecule is COc1cc(O)c2c3c1O[C@H]1[C@@H](N(CC(C)C)C(=O)Cc4ccc(Cl)c(Cl)c4)CC[C@H]4[C@@H](C2)N(CCc2ccccc2)CC[C@@]341. The van der Waals surface area contributed by atoms with Gasteiger partial charge in [0.15, 0.2) is 11.5 Å². The topological polar surface area (TPSA) is 62.2 Å². The van der Waals surface area contributed by atoms with Crippen LogP contribution < -0.4 is 9.47 Å². The summed E-state index contributed by atoms with van der Waals surface area (Å²) in [7, 11) is 1.64. The number of phenolic OH excluding ortho intramolecular Hbond substituents is 1. The number of hydrogen-bond donors (Lipinski definition) is 1. The predicted octanol–water partition coefficient (Wildman–Crippen LogP) is 7.09. The Bertz CT molecular complexity index is 1600. The van der Waals surface area contributed by atoms with Crippen LogP contribution in [0, 0.1) is 11.8 Å². The number of aromatic hydroxyl groups is 1. The van der Waals surface area contributed by atoms with Crippen molar-refractivity contribution in [2.75, 3.05) is 26.7 Å². The van der Waals surface area contributed by atoms with E-state index < -0.39 is 0 Å². The fourth-order valence-electron chi connectivity index (χ4n) is 9.06. The van der Waals surface area contributed by atoms with Crippen LogP contribution in [0.2, 0.25) is 10.0 Å². The van der Waals surface area contributed by atoms with Crippen LogP contribution in [0.5, 0.6) is 17.2 Å². The van der Waals surface area contributed by atoms with E-state index in [1.807, 2.05) is 6.07 Å². The highest BCUT2D eigenvalue weighted by Crippen LogP contribution is 2.65. The molecule has 1 saturated carbocycles. The van der Waals surface area contributed by atoms with Crippen molar-refractivity contribution in [2.45, 2.75) is 76.0 Å². The number of rotatable bonds is 9. The molecule has 2 bridgehead atoms. The van der Waals surface area contributed by atoms with Crippen molar-refractivity contribution < 1.29 is 19.4 Å². The standard InChI is InChI=1S/C37H42Cl2N2O4/c1-22(2)21-41(33(43)18-24-9-11-27(38)28(39)17-24)29-12-10-26-30-19-25-31(42)20-32(44-3)35-34(25)37(26,36(29)45-35)14-16-40(30)15-13-23-7-5-4-6-8-23/h4-9,11,17,20,22,26,29-30,36,42H,10,12-16,18-19,21H2,1-3H3/t26-,29-,30+,36-,37-/m0/s1. The van der Waals surface area contributed by atoms with Gasteiger partial charge < -0.3 is 19.5 Å². The molecular formula is C37H42Cl2N2O4. The van der Waals surface area contributed by atoms with Crippen LogP contribution in [0.4, 0.5) is 0 Å². The summed E-state index contributed by atoms with van der Waals surface area (Å²) < 4.78 is 12.9. The summed E-state index contributed by atoms with van der Waals surface area (Å²) >= 11 is 12.5. The zero-order valence-corrected chi connectivity index (χ0v) is 27.8. The average Bonchev–Trinajstić information content (AvgIpc) is 3.37. The van der Waals surface area contributed by atoms with Crippen LogP contribution >= 0.6 is 23.2 Å². The Kier molecular flexibility index (Phi) is 8.20. The molecule has 2 fully saturated rings. The molecule has 238 valence electrons. The number of amides is 1. The maximum absolute atomic E-state index is 14.2. The van der Waals surface area contributed by atoms with E-state index in [4.69, 9.17) is 32.7 Å². The Morgan fingerprint density at radius 1 is 1.11 bits per heavy atom. The minimum absolute atomic E-state index is 0.0733. The number of methoxy groups -OCH3 is 1. The van der Waals surface area contributed by atoms with Crippen molar-refractivity contribution >= 4 is 29.1 Å². The summed E-state index contributed by atoms with van der Waals surface area (Å²) in [6.07, 6.45) is 4.63. The highest BCUT2D eigenvalue weighted by atomic mass is 35.5. The molecule has 3 aromatic carbocycles. The molecule has 5 atom stereocenters. The van der Waals surface area contributed by atoms with E-state index in [9.17, 15) is 9.90 Å². The summed E-state index contributed by atoms with van der Waals surface area (Å²) in [4.78, 5) is 19.0. The Labute approximate surface area is 276 Å². The summed E-state index contributed by atoms with van der Waals surface area (Å²) in [5, 5.41) is 12.3. The normalized spacial score (nSPS) is 26.4. The van der Waals surface area contributed by atoms with Crippen LogP contribution in [0.1, 0.15) is 55.4 Å². The van der Waals surface area contributed by atoms with Crippen molar-refractivity contribution in [2.24, 2.45) is 11.8 Å². The number of carbonyl (C=O) groups excluding carboxylic acids is 1. The number of benzene rings is 3. The smallest absolute Gasteiger partial charge is 0.227 e. The van der Waals surface area contributed by atoms with Crippen molar-refractivity contribution in [1.82, 2.24) is 9.80 Å². The lowest BCUT2D eigenvalue weighted by Gasteiger charge is -2.60. The van der Waals surface area contributed by atoms with Crippen molar-refractivity contribution in [3.05, 3.63) is 86.9 Å². The molecule has 1 spiro atoms. The van der Waals surface area contributed by atoms with Crippen LogP contribution in [0.15, 0.2) is 54.6 Å². The first kappa shape index (κ1) is 30.7. The predicted molar refractivity (Wildman–Crippen MR) is 178 cm³/mol. The van der Waals surface area contributed by atoms with Gasteiger partial charge in [-0.1, -0.05) is 73.4 Å². The Morgan fingerprint density at radius 3 is 2.64 bits per heavy atom. The number of hydrogen-bond acceptors (Lipinski definition) is 5. The Hall–Kier alpha value is -2.93. The van der Waals surface area contributed by atoms with Crippen molar-refractivity contribution in [3.63, 3.8) is 0 Å². The fourth-order valence-corrected chi connectivity index (χ4v) is 9.38. The number of carbonyl (C=O) groups is 1. The highest BCUT2D eigenvalue weighted by Gasteiger charge is 2.67. The summed E-state index contributed by atoms with van der Waals surface area (Å²) in [6.45, 7) is 6.91. The van der Waals surface area contributed by atoms with E-state index in [1.54, 1.807) is 25.3 Å². The summed E-state index contributed by atoms with van der Waals surface area (Å²) in [6, 6.07) is 18.1. The number of halogens is 2. The number of nitrogens with zero attached hydrogens (tertiary/aromatic N) is 2. The third-order valence-electron chi connectivity index (χ3n) is 10.9. The molecular weight excluding hydrogens is 607 g/mol.